The molecule has 0 unspecified atom stereocenters. The van der Waals surface area contributed by atoms with Crippen molar-refractivity contribution in [1.29, 1.82) is 0 Å². The molecule has 0 atom stereocenters. The Labute approximate surface area is 166 Å². The molecule has 2 aromatic carbocycles. The fraction of sp³-hybridized carbons (Fsp3) is 0.381. The van der Waals surface area contributed by atoms with Gasteiger partial charge in [-0.3, -0.25) is 4.79 Å². The predicted octanol–water partition coefficient (Wildman–Crippen LogP) is 3.06. The minimum Gasteiger partial charge on any atom is -0.496 e. The van der Waals surface area contributed by atoms with Crippen molar-refractivity contribution in [2.24, 2.45) is 0 Å². The van der Waals surface area contributed by atoms with Crippen molar-refractivity contribution in [3.05, 3.63) is 59.2 Å². The molecule has 0 aromatic heterocycles. The van der Waals surface area contributed by atoms with Crippen LogP contribution in [0.25, 0.3) is 0 Å². The van der Waals surface area contributed by atoms with E-state index < -0.39 is 10.0 Å². The molecule has 1 heterocycles. The largest absolute Gasteiger partial charge is 0.496 e. The van der Waals surface area contributed by atoms with E-state index in [0.29, 0.717) is 18.8 Å². The van der Waals surface area contributed by atoms with E-state index in [-0.39, 0.29) is 22.9 Å². The van der Waals surface area contributed by atoms with Crippen LogP contribution in [0, 0.1) is 6.92 Å². The van der Waals surface area contributed by atoms with Crippen molar-refractivity contribution < 1.29 is 17.9 Å². The topological polar surface area (TPSA) is 66.9 Å². The van der Waals surface area contributed by atoms with Gasteiger partial charge in [0.1, 0.15) is 5.75 Å². The quantitative estimate of drug-likeness (QED) is 0.745. The van der Waals surface area contributed by atoms with Crippen molar-refractivity contribution in [2.75, 3.05) is 27.2 Å². The Bertz CT molecular complexity index is 949. The summed E-state index contributed by atoms with van der Waals surface area (Å²) in [6.45, 7) is 3.61. The lowest BCUT2D eigenvalue weighted by molar-refractivity contribution is 0.0789. The molecule has 150 valence electrons. The summed E-state index contributed by atoms with van der Waals surface area (Å²) in [6.07, 6.45) is 1.93. The molecule has 1 amide bonds. The molecule has 1 fully saturated rings. The van der Waals surface area contributed by atoms with Crippen LogP contribution in [0.15, 0.2) is 47.4 Å². The van der Waals surface area contributed by atoms with Crippen LogP contribution in [0.3, 0.4) is 0 Å². The third kappa shape index (κ3) is 4.20. The molecule has 6 nitrogen and oxygen atoms in total. The normalized spacial score (nSPS) is 14.5. The molecule has 1 saturated heterocycles. The predicted molar refractivity (Wildman–Crippen MR) is 108 cm³/mol. The Morgan fingerprint density at radius 2 is 1.75 bits per heavy atom. The number of amides is 1. The number of ether oxygens (including phenoxy) is 1. The first kappa shape index (κ1) is 20.4. The third-order valence-electron chi connectivity index (χ3n) is 5.03. The number of hydrogen-bond donors (Lipinski definition) is 0. The summed E-state index contributed by atoms with van der Waals surface area (Å²) in [4.78, 5) is 14.7. The first-order valence-corrected chi connectivity index (χ1v) is 10.8. The number of carbonyl (C=O) groups is 1. The molecule has 0 saturated carbocycles. The maximum atomic E-state index is 13.1. The van der Waals surface area contributed by atoms with Crippen LogP contribution in [-0.4, -0.2) is 50.8 Å². The maximum Gasteiger partial charge on any atom is 0.257 e. The van der Waals surface area contributed by atoms with Gasteiger partial charge in [-0.15, -0.1) is 0 Å². The van der Waals surface area contributed by atoms with E-state index >= 15 is 0 Å². The Kier molecular flexibility index (Phi) is 6.05. The highest BCUT2D eigenvalue weighted by Gasteiger charge is 2.27. The smallest absolute Gasteiger partial charge is 0.257 e. The van der Waals surface area contributed by atoms with Gasteiger partial charge in [0, 0.05) is 26.7 Å². The van der Waals surface area contributed by atoms with Gasteiger partial charge in [-0.1, -0.05) is 29.8 Å². The zero-order valence-corrected chi connectivity index (χ0v) is 17.3. The highest BCUT2D eigenvalue weighted by Crippen LogP contribution is 2.27. The van der Waals surface area contributed by atoms with Gasteiger partial charge in [0.05, 0.1) is 17.6 Å². The standard InChI is InChI=1S/C21H26N2O4S/c1-16-6-8-17(9-7-16)15-22(2)28(25,26)18-10-11-20(27-3)19(14-18)21(24)23-12-4-5-13-23/h6-11,14H,4-5,12-13,15H2,1-3H3. The summed E-state index contributed by atoms with van der Waals surface area (Å²) >= 11 is 0. The monoisotopic (exact) mass is 402 g/mol. The van der Waals surface area contributed by atoms with E-state index in [9.17, 15) is 13.2 Å². The number of rotatable bonds is 6. The summed E-state index contributed by atoms with van der Waals surface area (Å²) in [6, 6.07) is 12.2. The van der Waals surface area contributed by atoms with E-state index in [0.717, 1.165) is 24.0 Å². The molecule has 0 radical (unpaired) electrons. The van der Waals surface area contributed by atoms with Crippen LogP contribution in [-0.2, 0) is 16.6 Å². The minimum absolute atomic E-state index is 0.0884. The summed E-state index contributed by atoms with van der Waals surface area (Å²) in [5, 5.41) is 0. The fourth-order valence-corrected chi connectivity index (χ4v) is 4.51. The molecular weight excluding hydrogens is 376 g/mol. The van der Waals surface area contributed by atoms with Crippen LogP contribution in [0.2, 0.25) is 0 Å². The molecule has 3 rings (SSSR count). The number of aryl methyl sites for hydroxylation is 1. The molecule has 0 N–H and O–H groups in total. The second kappa shape index (κ2) is 8.32. The van der Waals surface area contributed by atoms with Gasteiger partial charge >= 0.3 is 0 Å². The highest BCUT2D eigenvalue weighted by atomic mass is 32.2. The highest BCUT2D eigenvalue weighted by molar-refractivity contribution is 7.89. The molecule has 0 spiro atoms. The first-order chi connectivity index (χ1) is 13.3. The van der Waals surface area contributed by atoms with E-state index in [1.807, 2.05) is 31.2 Å². The van der Waals surface area contributed by atoms with Gasteiger partial charge < -0.3 is 9.64 Å². The van der Waals surface area contributed by atoms with Gasteiger partial charge in [-0.25, -0.2) is 8.42 Å². The Hall–Kier alpha value is -2.38. The average Bonchev–Trinajstić information content (AvgIpc) is 3.23. The Morgan fingerprint density at radius 3 is 2.36 bits per heavy atom. The SMILES string of the molecule is COc1ccc(S(=O)(=O)N(C)Cc2ccc(C)cc2)cc1C(=O)N1CCCC1. The maximum absolute atomic E-state index is 13.1. The van der Waals surface area contributed by atoms with Gasteiger partial charge in [0.2, 0.25) is 10.0 Å². The van der Waals surface area contributed by atoms with Crippen LogP contribution in [0.5, 0.6) is 5.75 Å². The third-order valence-corrected chi connectivity index (χ3v) is 6.83. The fourth-order valence-electron chi connectivity index (χ4n) is 3.32. The molecule has 28 heavy (non-hydrogen) atoms. The minimum atomic E-state index is -3.74. The summed E-state index contributed by atoms with van der Waals surface area (Å²) < 4.78 is 32.7. The Morgan fingerprint density at radius 1 is 1.11 bits per heavy atom. The van der Waals surface area contributed by atoms with Crippen molar-refractivity contribution in [3.8, 4) is 5.75 Å². The number of benzene rings is 2. The molecule has 2 aromatic rings. The van der Waals surface area contributed by atoms with Gasteiger partial charge in [0.25, 0.3) is 5.91 Å². The van der Waals surface area contributed by atoms with Crippen molar-refractivity contribution in [2.45, 2.75) is 31.2 Å². The van der Waals surface area contributed by atoms with Crippen molar-refractivity contribution >= 4 is 15.9 Å². The number of sulfonamides is 1. The second-order valence-corrected chi connectivity index (χ2v) is 9.15. The van der Waals surface area contributed by atoms with E-state index in [1.165, 1.54) is 23.5 Å². The summed E-state index contributed by atoms with van der Waals surface area (Å²) in [5.74, 6) is 0.199. The zero-order valence-electron chi connectivity index (χ0n) is 16.5. The molecule has 0 aliphatic carbocycles. The van der Waals surface area contributed by atoms with E-state index in [4.69, 9.17) is 4.74 Å². The van der Waals surface area contributed by atoms with Crippen molar-refractivity contribution in [1.82, 2.24) is 9.21 Å². The van der Waals surface area contributed by atoms with Crippen LogP contribution in [0.1, 0.15) is 34.3 Å². The number of likely N-dealkylation sites (tertiary alicyclic amines) is 1. The summed E-state index contributed by atoms with van der Waals surface area (Å²) in [5.41, 5.74) is 2.31. The first-order valence-electron chi connectivity index (χ1n) is 9.32. The molecule has 7 heteroatoms. The second-order valence-electron chi connectivity index (χ2n) is 7.11. The molecular formula is C21H26N2O4S. The van der Waals surface area contributed by atoms with Gasteiger partial charge in [-0.05, 0) is 43.5 Å². The number of methoxy groups -OCH3 is 1. The lowest BCUT2D eigenvalue weighted by Crippen LogP contribution is -2.29. The number of hydrogen-bond acceptors (Lipinski definition) is 4. The van der Waals surface area contributed by atoms with Crippen LogP contribution >= 0.6 is 0 Å². The zero-order chi connectivity index (χ0) is 20.3. The number of nitrogens with zero attached hydrogens (tertiary/aromatic N) is 2. The van der Waals surface area contributed by atoms with E-state index in [2.05, 4.69) is 0 Å². The van der Waals surface area contributed by atoms with Crippen molar-refractivity contribution in [3.63, 3.8) is 0 Å². The van der Waals surface area contributed by atoms with Gasteiger partial charge in [0.15, 0.2) is 0 Å². The van der Waals surface area contributed by atoms with Crippen LogP contribution < -0.4 is 4.74 Å². The Balaban J connectivity index is 1.89. The lowest BCUT2D eigenvalue weighted by atomic mass is 10.1. The summed E-state index contributed by atoms with van der Waals surface area (Å²) in [7, 11) is -0.722. The number of carbonyl (C=O) groups excluding carboxylic acids is 1. The molecule has 0 bridgehead atoms. The molecule has 1 aliphatic rings. The molecule has 1 aliphatic heterocycles. The average molecular weight is 403 g/mol. The van der Waals surface area contributed by atoms with Crippen LogP contribution in [0.4, 0.5) is 0 Å². The lowest BCUT2D eigenvalue weighted by Gasteiger charge is -2.20. The van der Waals surface area contributed by atoms with Gasteiger partial charge in [-0.2, -0.15) is 4.31 Å². The van der Waals surface area contributed by atoms with E-state index in [1.54, 1.807) is 18.0 Å².